The average Bonchev–Trinajstić information content (AvgIpc) is 2.70. The van der Waals surface area contributed by atoms with Crippen LogP contribution < -0.4 is 5.32 Å². The van der Waals surface area contributed by atoms with E-state index in [1.807, 2.05) is 24.3 Å². The van der Waals surface area contributed by atoms with Crippen molar-refractivity contribution in [2.45, 2.75) is 32.9 Å². The Hall–Kier alpha value is -1.53. The summed E-state index contributed by atoms with van der Waals surface area (Å²) in [5.74, 6) is 0.285. The molecule has 1 aromatic carbocycles. The summed E-state index contributed by atoms with van der Waals surface area (Å²) in [5, 5.41) is 7.17. The Labute approximate surface area is 142 Å². The fourth-order valence-corrected chi connectivity index (χ4v) is 2.20. The number of carbonyl (C=O) groups is 1. The van der Waals surface area contributed by atoms with Gasteiger partial charge in [0.15, 0.2) is 5.82 Å². The van der Waals surface area contributed by atoms with Crippen molar-refractivity contribution in [1.82, 2.24) is 9.78 Å². The van der Waals surface area contributed by atoms with Gasteiger partial charge in [0.2, 0.25) is 0 Å². The van der Waals surface area contributed by atoms with Crippen molar-refractivity contribution >= 4 is 39.4 Å². The highest BCUT2D eigenvalue weighted by atomic mass is 79.9. The Bertz CT molecular complexity index is 662. The van der Waals surface area contributed by atoms with Crippen LogP contribution in [0, 0.1) is 0 Å². The second-order valence-corrected chi connectivity index (χ2v) is 7.10. The smallest absolute Gasteiger partial charge is 0.413 e. The van der Waals surface area contributed by atoms with Crippen LogP contribution in [0.2, 0.25) is 5.02 Å². The lowest BCUT2D eigenvalue weighted by molar-refractivity contribution is 0.0635. The Morgan fingerprint density at radius 3 is 2.59 bits per heavy atom. The number of rotatable bonds is 3. The molecule has 1 N–H and O–H groups in total. The standard InChI is InChI=1S/C15H17BrClN3O2/c1-15(2,3)22-14(21)18-13-12(17)9-20(19-13)8-10-4-6-11(16)7-5-10/h4-7,9H,8H2,1-3H3,(H,18,19,21). The molecule has 0 aliphatic carbocycles. The molecule has 5 nitrogen and oxygen atoms in total. The number of hydrogen-bond acceptors (Lipinski definition) is 3. The first-order chi connectivity index (χ1) is 10.2. The summed E-state index contributed by atoms with van der Waals surface area (Å²) in [6.07, 6.45) is 1.08. The van der Waals surface area contributed by atoms with Crippen LogP contribution in [0.25, 0.3) is 0 Å². The molecule has 7 heteroatoms. The molecule has 22 heavy (non-hydrogen) atoms. The highest BCUT2D eigenvalue weighted by Gasteiger charge is 2.18. The van der Waals surface area contributed by atoms with E-state index in [4.69, 9.17) is 16.3 Å². The molecular weight excluding hydrogens is 370 g/mol. The van der Waals surface area contributed by atoms with Gasteiger partial charge in [0, 0.05) is 10.7 Å². The number of aromatic nitrogens is 2. The van der Waals surface area contributed by atoms with Crippen LogP contribution in [-0.4, -0.2) is 21.5 Å². The zero-order valence-electron chi connectivity index (χ0n) is 12.6. The van der Waals surface area contributed by atoms with Crippen molar-refractivity contribution in [1.29, 1.82) is 0 Å². The molecule has 1 aromatic heterocycles. The van der Waals surface area contributed by atoms with Crippen LogP contribution >= 0.6 is 27.5 Å². The number of anilines is 1. The minimum absolute atomic E-state index is 0.285. The van der Waals surface area contributed by atoms with E-state index in [0.717, 1.165) is 10.0 Å². The molecule has 2 rings (SSSR count). The van der Waals surface area contributed by atoms with Crippen LogP contribution in [0.15, 0.2) is 34.9 Å². The van der Waals surface area contributed by atoms with Gasteiger partial charge in [-0.05, 0) is 38.5 Å². The fourth-order valence-electron chi connectivity index (χ4n) is 1.74. The normalized spacial score (nSPS) is 11.3. The van der Waals surface area contributed by atoms with E-state index >= 15 is 0 Å². The van der Waals surface area contributed by atoms with Crippen molar-refractivity contribution < 1.29 is 9.53 Å². The van der Waals surface area contributed by atoms with E-state index in [9.17, 15) is 4.79 Å². The van der Waals surface area contributed by atoms with Gasteiger partial charge in [-0.3, -0.25) is 10.00 Å². The summed E-state index contributed by atoms with van der Waals surface area (Å²) in [7, 11) is 0. The Kier molecular flexibility index (Phi) is 5.13. The van der Waals surface area contributed by atoms with Gasteiger partial charge in [-0.1, -0.05) is 39.7 Å². The molecule has 0 saturated carbocycles. The maximum Gasteiger partial charge on any atom is 0.413 e. The number of nitrogens with zero attached hydrogens (tertiary/aromatic N) is 2. The summed E-state index contributed by atoms with van der Waals surface area (Å²) < 4.78 is 7.85. The number of carbonyl (C=O) groups excluding carboxylic acids is 1. The van der Waals surface area contributed by atoms with E-state index in [2.05, 4.69) is 26.3 Å². The van der Waals surface area contributed by atoms with Crippen LogP contribution in [-0.2, 0) is 11.3 Å². The number of nitrogens with one attached hydrogen (secondary N) is 1. The van der Waals surface area contributed by atoms with Gasteiger partial charge in [-0.2, -0.15) is 5.10 Å². The van der Waals surface area contributed by atoms with E-state index < -0.39 is 11.7 Å². The Morgan fingerprint density at radius 1 is 1.36 bits per heavy atom. The average molecular weight is 387 g/mol. The minimum atomic E-state index is -0.580. The lowest BCUT2D eigenvalue weighted by atomic mass is 10.2. The van der Waals surface area contributed by atoms with Crippen LogP contribution in [0.3, 0.4) is 0 Å². The summed E-state index contributed by atoms with van der Waals surface area (Å²) >= 11 is 9.48. The number of amides is 1. The summed E-state index contributed by atoms with van der Waals surface area (Å²) in [6.45, 7) is 5.93. The molecule has 0 unspecified atom stereocenters. The highest BCUT2D eigenvalue weighted by molar-refractivity contribution is 9.10. The maximum atomic E-state index is 11.7. The number of ether oxygens (including phenoxy) is 1. The van der Waals surface area contributed by atoms with Gasteiger partial charge in [0.05, 0.1) is 6.54 Å². The van der Waals surface area contributed by atoms with E-state index in [0.29, 0.717) is 11.6 Å². The molecule has 0 atom stereocenters. The molecule has 1 heterocycles. The molecule has 0 bridgehead atoms. The topological polar surface area (TPSA) is 56.1 Å². The molecule has 0 aliphatic heterocycles. The van der Waals surface area contributed by atoms with E-state index in [1.54, 1.807) is 31.6 Å². The molecule has 118 valence electrons. The third-order valence-corrected chi connectivity index (χ3v) is 3.40. The van der Waals surface area contributed by atoms with Gasteiger partial charge < -0.3 is 4.74 Å². The molecule has 0 spiro atoms. The third-order valence-electron chi connectivity index (χ3n) is 2.59. The number of hydrogen-bond donors (Lipinski definition) is 1. The predicted molar refractivity (Wildman–Crippen MR) is 90.3 cm³/mol. The first kappa shape index (κ1) is 16.8. The lowest BCUT2D eigenvalue weighted by Gasteiger charge is -2.19. The lowest BCUT2D eigenvalue weighted by Crippen LogP contribution is -2.27. The molecule has 0 fully saturated rings. The van der Waals surface area contributed by atoms with Crippen molar-refractivity contribution in [3.8, 4) is 0 Å². The van der Waals surface area contributed by atoms with Crippen LogP contribution in [0.1, 0.15) is 26.3 Å². The Morgan fingerprint density at radius 2 is 2.00 bits per heavy atom. The van der Waals surface area contributed by atoms with Gasteiger partial charge in [0.1, 0.15) is 10.6 Å². The largest absolute Gasteiger partial charge is 0.444 e. The van der Waals surface area contributed by atoms with Crippen molar-refractivity contribution in [2.24, 2.45) is 0 Å². The van der Waals surface area contributed by atoms with Gasteiger partial charge in [-0.15, -0.1) is 0 Å². The number of halogens is 2. The molecule has 1 amide bonds. The first-order valence-electron chi connectivity index (χ1n) is 6.70. The van der Waals surface area contributed by atoms with Gasteiger partial charge in [0.25, 0.3) is 0 Å². The quantitative estimate of drug-likeness (QED) is 0.832. The Balaban J connectivity index is 2.05. The van der Waals surface area contributed by atoms with Crippen LogP contribution in [0.4, 0.5) is 10.6 Å². The molecule has 2 aromatic rings. The second-order valence-electron chi connectivity index (χ2n) is 5.78. The first-order valence-corrected chi connectivity index (χ1v) is 7.87. The molecule has 0 radical (unpaired) electrons. The van der Waals surface area contributed by atoms with Gasteiger partial charge >= 0.3 is 6.09 Å². The van der Waals surface area contributed by atoms with Crippen molar-refractivity contribution in [2.75, 3.05) is 5.32 Å². The predicted octanol–water partition coefficient (Wildman–Crippen LogP) is 4.69. The maximum absolute atomic E-state index is 11.7. The third kappa shape index (κ3) is 5.03. The monoisotopic (exact) mass is 385 g/mol. The summed E-state index contributed by atoms with van der Waals surface area (Å²) in [4.78, 5) is 11.7. The molecular formula is C15H17BrClN3O2. The van der Waals surface area contributed by atoms with E-state index in [-0.39, 0.29) is 5.82 Å². The molecule has 0 saturated heterocycles. The fraction of sp³-hybridized carbons (Fsp3) is 0.333. The SMILES string of the molecule is CC(C)(C)OC(=O)Nc1nn(Cc2ccc(Br)cc2)cc1Cl. The van der Waals surface area contributed by atoms with Crippen molar-refractivity contribution in [3.63, 3.8) is 0 Å². The van der Waals surface area contributed by atoms with Gasteiger partial charge in [-0.25, -0.2) is 4.79 Å². The van der Waals surface area contributed by atoms with E-state index in [1.165, 1.54) is 0 Å². The zero-order chi connectivity index (χ0) is 16.3. The number of benzene rings is 1. The van der Waals surface area contributed by atoms with Crippen molar-refractivity contribution in [3.05, 3.63) is 45.5 Å². The second kappa shape index (κ2) is 6.71. The van der Waals surface area contributed by atoms with Crippen LogP contribution in [0.5, 0.6) is 0 Å². The zero-order valence-corrected chi connectivity index (χ0v) is 14.9. The summed E-state index contributed by atoms with van der Waals surface area (Å²) in [5.41, 5.74) is 0.502. The minimum Gasteiger partial charge on any atom is -0.444 e. The highest BCUT2D eigenvalue weighted by Crippen LogP contribution is 2.21. The molecule has 0 aliphatic rings. The summed E-state index contributed by atoms with van der Waals surface area (Å²) in [6, 6.07) is 7.89.